The maximum absolute atomic E-state index is 13.2. The Kier molecular flexibility index (Phi) is 4.48. The average molecular weight is 417 g/mol. The van der Waals surface area contributed by atoms with Crippen LogP contribution in [0.1, 0.15) is 24.1 Å². The molecule has 2 aromatic rings. The predicted molar refractivity (Wildman–Crippen MR) is 103 cm³/mol. The molecule has 1 aromatic carbocycles. The van der Waals surface area contributed by atoms with Gasteiger partial charge in [-0.2, -0.15) is 0 Å². The number of amides is 2. The number of carbonyl (C=O) groups is 2. The van der Waals surface area contributed by atoms with Crippen LogP contribution in [-0.4, -0.2) is 29.8 Å². The van der Waals surface area contributed by atoms with Crippen molar-refractivity contribution < 1.29 is 9.59 Å². The van der Waals surface area contributed by atoms with Crippen LogP contribution in [0.4, 0.5) is 5.69 Å². The second kappa shape index (κ2) is 6.77. The van der Waals surface area contributed by atoms with Crippen LogP contribution in [0.5, 0.6) is 0 Å². The Labute approximate surface area is 158 Å². The molecule has 0 atom stereocenters. The van der Waals surface area contributed by atoms with Crippen molar-refractivity contribution in [2.24, 2.45) is 0 Å². The normalized spacial score (nSPS) is 18.4. The predicted octanol–water partition coefficient (Wildman–Crippen LogP) is 4.28. The summed E-state index contributed by atoms with van der Waals surface area (Å²) >= 11 is 4.92. The highest BCUT2D eigenvalue weighted by Gasteiger charge is 2.43. The first-order valence-electron chi connectivity index (χ1n) is 8.34. The highest BCUT2D eigenvalue weighted by Crippen LogP contribution is 2.37. The van der Waals surface area contributed by atoms with Crippen molar-refractivity contribution in [3.8, 4) is 0 Å². The van der Waals surface area contributed by atoms with Gasteiger partial charge >= 0.3 is 0 Å². The zero-order valence-corrected chi connectivity index (χ0v) is 16.0. The Morgan fingerprint density at radius 2 is 1.76 bits per heavy atom. The van der Waals surface area contributed by atoms with Gasteiger partial charge in [0.15, 0.2) is 0 Å². The van der Waals surface area contributed by atoms with Gasteiger partial charge in [0.1, 0.15) is 5.70 Å². The second-order valence-corrected chi connectivity index (χ2v) is 8.04. The largest absolute Gasteiger partial charge is 0.366 e. The van der Waals surface area contributed by atoms with Crippen LogP contribution in [0.3, 0.4) is 0 Å². The fourth-order valence-electron chi connectivity index (χ4n) is 3.42. The van der Waals surface area contributed by atoms with Crippen molar-refractivity contribution in [1.82, 2.24) is 4.90 Å². The van der Waals surface area contributed by atoms with Gasteiger partial charge in [-0.15, -0.1) is 11.3 Å². The van der Waals surface area contributed by atoms with Crippen molar-refractivity contribution in [3.63, 3.8) is 0 Å². The van der Waals surface area contributed by atoms with E-state index >= 15 is 0 Å². The molecular formula is C19H17BrN2O2S. The molecule has 0 spiro atoms. The van der Waals surface area contributed by atoms with Gasteiger partial charge in [0.2, 0.25) is 0 Å². The Bertz CT molecular complexity index is 854. The topological polar surface area (TPSA) is 40.6 Å². The molecule has 3 heterocycles. The summed E-state index contributed by atoms with van der Waals surface area (Å²) in [4.78, 5) is 30.7. The smallest absolute Gasteiger partial charge is 0.282 e. The number of nitrogens with zero attached hydrogens (tertiary/aromatic N) is 2. The number of likely N-dealkylation sites (tertiary alicyclic amines) is 1. The van der Waals surface area contributed by atoms with Crippen molar-refractivity contribution in [1.29, 1.82) is 0 Å². The van der Waals surface area contributed by atoms with Gasteiger partial charge in [0.25, 0.3) is 11.8 Å². The highest BCUT2D eigenvalue weighted by molar-refractivity contribution is 9.10. The minimum Gasteiger partial charge on any atom is -0.366 e. The molecule has 1 fully saturated rings. The first kappa shape index (κ1) is 16.5. The lowest BCUT2D eigenvalue weighted by molar-refractivity contribution is -0.120. The number of benzene rings is 1. The second-order valence-electron chi connectivity index (χ2n) is 6.17. The molecule has 0 bridgehead atoms. The molecule has 0 radical (unpaired) electrons. The standard InChI is InChI=1S/C19H17BrN2O2S/c20-13-6-4-7-14(12-13)22-18(23)16(15-8-5-11-25-15)17(19(22)24)21-9-2-1-3-10-21/h4-8,11-12H,1-3,9-10H2. The van der Waals surface area contributed by atoms with E-state index in [0.29, 0.717) is 17.0 Å². The molecule has 2 amide bonds. The molecule has 128 valence electrons. The lowest BCUT2D eigenvalue weighted by Gasteiger charge is -2.29. The van der Waals surface area contributed by atoms with Gasteiger partial charge in [0, 0.05) is 22.4 Å². The molecule has 25 heavy (non-hydrogen) atoms. The van der Waals surface area contributed by atoms with E-state index in [1.54, 1.807) is 12.1 Å². The van der Waals surface area contributed by atoms with Gasteiger partial charge in [-0.3, -0.25) is 9.59 Å². The van der Waals surface area contributed by atoms with Crippen molar-refractivity contribution in [2.45, 2.75) is 19.3 Å². The molecule has 2 aliphatic heterocycles. The molecule has 6 heteroatoms. The molecule has 0 N–H and O–H groups in total. The third-order valence-electron chi connectivity index (χ3n) is 4.57. The Hall–Kier alpha value is -1.92. The number of halogens is 1. The fourth-order valence-corrected chi connectivity index (χ4v) is 4.57. The number of thiophene rings is 1. The molecular weight excluding hydrogens is 400 g/mol. The van der Waals surface area contributed by atoms with Gasteiger partial charge in [-0.25, -0.2) is 4.90 Å². The van der Waals surface area contributed by atoms with E-state index in [-0.39, 0.29) is 11.8 Å². The summed E-state index contributed by atoms with van der Waals surface area (Å²) in [6.07, 6.45) is 3.29. The molecule has 1 saturated heterocycles. The van der Waals surface area contributed by atoms with Crippen molar-refractivity contribution in [2.75, 3.05) is 18.0 Å². The van der Waals surface area contributed by atoms with E-state index in [4.69, 9.17) is 0 Å². The number of anilines is 1. The molecule has 4 rings (SSSR count). The minimum absolute atomic E-state index is 0.214. The summed E-state index contributed by atoms with van der Waals surface area (Å²) < 4.78 is 0.842. The number of hydrogen-bond donors (Lipinski definition) is 0. The molecule has 1 aromatic heterocycles. The number of piperidine rings is 1. The average Bonchev–Trinajstić information content (AvgIpc) is 3.22. The molecule has 0 saturated carbocycles. The third kappa shape index (κ3) is 2.93. The SMILES string of the molecule is O=C1C(c2cccs2)=C(N2CCCCC2)C(=O)N1c1cccc(Br)c1. The van der Waals surface area contributed by atoms with E-state index in [1.165, 1.54) is 22.7 Å². The minimum atomic E-state index is -0.230. The maximum Gasteiger partial charge on any atom is 0.282 e. The van der Waals surface area contributed by atoms with E-state index in [2.05, 4.69) is 20.8 Å². The van der Waals surface area contributed by atoms with Crippen molar-refractivity contribution in [3.05, 3.63) is 56.8 Å². The van der Waals surface area contributed by atoms with Gasteiger partial charge in [-0.05, 0) is 48.9 Å². The quantitative estimate of drug-likeness (QED) is 0.700. The highest BCUT2D eigenvalue weighted by atomic mass is 79.9. The van der Waals surface area contributed by atoms with E-state index in [9.17, 15) is 9.59 Å². The Morgan fingerprint density at radius 3 is 2.44 bits per heavy atom. The third-order valence-corrected chi connectivity index (χ3v) is 5.95. The zero-order valence-electron chi connectivity index (χ0n) is 13.6. The number of imide groups is 1. The van der Waals surface area contributed by atoms with Crippen LogP contribution in [0.2, 0.25) is 0 Å². The van der Waals surface area contributed by atoms with Gasteiger partial charge in [-0.1, -0.05) is 28.1 Å². The number of rotatable bonds is 3. The molecule has 0 unspecified atom stereocenters. The zero-order chi connectivity index (χ0) is 17.4. The number of hydrogen-bond acceptors (Lipinski definition) is 4. The van der Waals surface area contributed by atoms with E-state index in [0.717, 1.165) is 35.3 Å². The van der Waals surface area contributed by atoms with Crippen LogP contribution in [0.25, 0.3) is 5.57 Å². The van der Waals surface area contributed by atoms with Gasteiger partial charge < -0.3 is 4.90 Å². The monoisotopic (exact) mass is 416 g/mol. The summed E-state index contributed by atoms with van der Waals surface area (Å²) in [5, 5.41) is 1.94. The van der Waals surface area contributed by atoms with E-state index < -0.39 is 0 Å². The molecule has 4 nitrogen and oxygen atoms in total. The van der Waals surface area contributed by atoms with Crippen LogP contribution < -0.4 is 4.90 Å². The first-order chi connectivity index (χ1) is 12.2. The van der Waals surface area contributed by atoms with Crippen LogP contribution >= 0.6 is 27.3 Å². The summed E-state index contributed by atoms with van der Waals surface area (Å²) in [7, 11) is 0. The Morgan fingerprint density at radius 1 is 0.960 bits per heavy atom. The summed E-state index contributed by atoms with van der Waals surface area (Å²) in [5.41, 5.74) is 1.71. The molecule has 0 aliphatic carbocycles. The lowest BCUT2D eigenvalue weighted by Crippen LogP contribution is -2.37. The van der Waals surface area contributed by atoms with Crippen LogP contribution in [-0.2, 0) is 9.59 Å². The van der Waals surface area contributed by atoms with Gasteiger partial charge in [0.05, 0.1) is 11.3 Å². The number of carbonyl (C=O) groups excluding carboxylic acids is 2. The molecule has 2 aliphatic rings. The summed E-state index contributed by atoms with van der Waals surface area (Å²) in [6, 6.07) is 11.2. The van der Waals surface area contributed by atoms with Crippen LogP contribution in [0, 0.1) is 0 Å². The van der Waals surface area contributed by atoms with Crippen LogP contribution in [0.15, 0.2) is 51.9 Å². The summed E-state index contributed by atoms with van der Waals surface area (Å²) in [5.74, 6) is -0.445. The first-order valence-corrected chi connectivity index (χ1v) is 10.0. The van der Waals surface area contributed by atoms with E-state index in [1.807, 2.05) is 29.6 Å². The fraction of sp³-hybridized carbons (Fsp3) is 0.263. The maximum atomic E-state index is 13.2. The summed E-state index contributed by atoms with van der Waals surface area (Å²) in [6.45, 7) is 1.66. The Balaban J connectivity index is 1.81. The lowest BCUT2D eigenvalue weighted by atomic mass is 10.1. The van der Waals surface area contributed by atoms with Crippen molar-refractivity contribution >= 4 is 50.3 Å².